The van der Waals surface area contributed by atoms with E-state index in [1.807, 2.05) is 13.0 Å². The van der Waals surface area contributed by atoms with Gasteiger partial charge in [-0.3, -0.25) is 0 Å². The predicted octanol–water partition coefficient (Wildman–Crippen LogP) is 1.72. The van der Waals surface area contributed by atoms with Gasteiger partial charge in [0, 0.05) is 11.3 Å². The van der Waals surface area contributed by atoms with Crippen molar-refractivity contribution in [2.24, 2.45) is 0 Å². The van der Waals surface area contributed by atoms with Gasteiger partial charge >= 0.3 is 5.97 Å². The van der Waals surface area contributed by atoms with Gasteiger partial charge in [-0.15, -0.1) is 0 Å². The predicted molar refractivity (Wildman–Crippen MR) is 45.5 cm³/mol. The number of aryl methyl sites for hydroxylation is 1. The van der Waals surface area contributed by atoms with Gasteiger partial charge in [-0.2, -0.15) is 0 Å². The van der Waals surface area contributed by atoms with E-state index in [-0.39, 0.29) is 5.97 Å². The first-order valence-corrected chi connectivity index (χ1v) is 3.99. The summed E-state index contributed by atoms with van der Waals surface area (Å²) in [5, 5.41) is 0. The van der Waals surface area contributed by atoms with Crippen molar-refractivity contribution < 1.29 is 9.53 Å². The van der Waals surface area contributed by atoms with Crippen LogP contribution in [0.15, 0.2) is 6.07 Å². The number of aromatic nitrogens is 1. The maximum atomic E-state index is 11.1. The van der Waals surface area contributed by atoms with Crippen LogP contribution in [0.2, 0.25) is 0 Å². The number of aromatic amines is 1. The van der Waals surface area contributed by atoms with E-state index in [4.69, 9.17) is 17.0 Å². The number of fused-ring (bicyclic) bond motifs is 1. The number of nitrogens with one attached hydrogen (secondary N) is 1. The van der Waals surface area contributed by atoms with E-state index < -0.39 is 0 Å². The highest BCUT2D eigenvalue weighted by atomic mass is 32.1. The zero-order valence-corrected chi connectivity index (χ0v) is 7.33. The smallest absolute Gasteiger partial charge is 0.341 e. The average Bonchev–Trinajstić information content (AvgIpc) is 2.31. The van der Waals surface area contributed by atoms with Crippen molar-refractivity contribution in [1.29, 1.82) is 0 Å². The Morgan fingerprint density at radius 1 is 1.67 bits per heavy atom. The van der Waals surface area contributed by atoms with Crippen molar-refractivity contribution in [3.8, 4) is 0 Å². The van der Waals surface area contributed by atoms with Gasteiger partial charge in [-0.1, -0.05) is 12.2 Å². The molecule has 0 amide bonds. The molecule has 0 aliphatic carbocycles. The minimum absolute atomic E-state index is 0.314. The molecule has 62 valence electrons. The van der Waals surface area contributed by atoms with Gasteiger partial charge in [0.25, 0.3) is 0 Å². The normalized spacial score (nSPS) is 14.2. The number of ether oxygens (including phenoxy) is 1. The van der Waals surface area contributed by atoms with Crippen LogP contribution in [0.3, 0.4) is 0 Å². The number of hydrogen-bond donors (Lipinski definition) is 1. The fourth-order valence-electron chi connectivity index (χ4n) is 1.31. The number of hydrogen-bond acceptors (Lipinski definition) is 3. The summed E-state index contributed by atoms with van der Waals surface area (Å²) in [6.07, 6.45) is 0. The Morgan fingerprint density at radius 2 is 2.42 bits per heavy atom. The molecule has 0 saturated carbocycles. The number of cyclic esters (lactones) is 1. The lowest BCUT2D eigenvalue weighted by Gasteiger charge is -1.96. The highest BCUT2D eigenvalue weighted by Crippen LogP contribution is 2.20. The maximum absolute atomic E-state index is 11.1. The van der Waals surface area contributed by atoms with Crippen LogP contribution in [-0.4, -0.2) is 11.0 Å². The summed E-state index contributed by atoms with van der Waals surface area (Å²) in [6, 6.07) is 1.88. The molecule has 1 aliphatic heterocycles. The molecule has 0 saturated heterocycles. The largest absolute Gasteiger partial charge is 0.457 e. The molecule has 3 nitrogen and oxygen atoms in total. The molecule has 0 aromatic carbocycles. The Balaban J connectivity index is 2.77. The average molecular weight is 181 g/mol. The van der Waals surface area contributed by atoms with Gasteiger partial charge in [0.05, 0.1) is 0 Å². The van der Waals surface area contributed by atoms with Crippen LogP contribution in [0.5, 0.6) is 0 Å². The van der Waals surface area contributed by atoms with Crippen LogP contribution in [0, 0.1) is 11.6 Å². The molecule has 1 aliphatic rings. The fourth-order valence-corrected chi connectivity index (χ4v) is 1.69. The Hall–Kier alpha value is -1.16. The quantitative estimate of drug-likeness (QED) is 0.489. The molecule has 0 unspecified atom stereocenters. The van der Waals surface area contributed by atoms with Gasteiger partial charge in [0.1, 0.15) is 16.8 Å². The molecule has 12 heavy (non-hydrogen) atoms. The zero-order chi connectivity index (χ0) is 8.72. The summed E-state index contributed by atoms with van der Waals surface area (Å²) in [7, 11) is 0. The van der Waals surface area contributed by atoms with Crippen LogP contribution < -0.4 is 0 Å². The third-order valence-corrected chi connectivity index (χ3v) is 2.12. The van der Waals surface area contributed by atoms with Gasteiger partial charge in [0.15, 0.2) is 0 Å². The molecule has 0 fully saturated rings. The lowest BCUT2D eigenvalue weighted by atomic mass is 10.1. The Bertz CT molecular complexity index is 408. The van der Waals surface area contributed by atoms with E-state index in [1.54, 1.807) is 0 Å². The summed E-state index contributed by atoms with van der Waals surface area (Å²) in [4.78, 5) is 14.0. The Labute approximate surface area is 74.4 Å². The molecule has 2 rings (SSSR count). The molecular weight excluding hydrogens is 174 g/mol. The third kappa shape index (κ3) is 0.956. The summed E-state index contributed by atoms with van der Waals surface area (Å²) >= 11 is 4.99. The van der Waals surface area contributed by atoms with E-state index in [0.29, 0.717) is 16.8 Å². The number of esters is 1. The van der Waals surface area contributed by atoms with Crippen molar-refractivity contribution in [3.63, 3.8) is 0 Å². The molecule has 1 aromatic rings. The van der Waals surface area contributed by atoms with E-state index in [9.17, 15) is 4.79 Å². The number of rotatable bonds is 0. The summed E-state index contributed by atoms with van der Waals surface area (Å²) < 4.78 is 5.31. The lowest BCUT2D eigenvalue weighted by molar-refractivity contribution is 0.0534. The standard InChI is InChI=1S/C8H7NO2S/c1-4-2-5-3-11-8(10)6(5)7(12)9-4/h2H,3H2,1H3,(H,9,12). The number of carbonyl (C=O) groups excluding carboxylic acids is 1. The summed E-state index contributed by atoms with van der Waals surface area (Å²) in [5.74, 6) is -0.314. The molecule has 0 atom stereocenters. The van der Waals surface area contributed by atoms with E-state index >= 15 is 0 Å². The Kier molecular flexibility index (Phi) is 1.51. The SMILES string of the molecule is Cc1cc2c(c(=S)[nH]1)C(=O)OC2. The van der Waals surface area contributed by atoms with E-state index in [1.165, 1.54) is 0 Å². The molecule has 1 N–H and O–H groups in total. The number of carbonyl (C=O) groups is 1. The first kappa shape index (κ1) is 7.49. The van der Waals surface area contributed by atoms with Crippen LogP contribution >= 0.6 is 12.2 Å². The molecule has 0 bridgehead atoms. The van der Waals surface area contributed by atoms with Gasteiger partial charge in [0.2, 0.25) is 0 Å². The first-order valence-electron chi connectivity index (χ1n) is 3.58. The van der Waals surface area contributed by atoms with E-state index in [0.717, 1.165) is 11.3 Å². The van der Waals surface area contributed by atoms with Crippen LogP contribution in [0.25, 0.3) is 0 Å². The Morgan fingerprint density at radius 3 is 3.17 bits per heavy atom. The minimum atomic E-state index is -0.314. The molecular formula is C8H7NO2S. The van der Waals surface area contributed by atoms with E-state index in [2.05, 4.69) is 4.98 Å². The monoisotopic (exact) mass is 181 g/mol. The van der Waals surface area contributed by atoms with Gasteiger partial charge < -0.3 is 9.72 Å². The molecule has 0 spiro atoms. The van der Waals surface area contributed by atoms with Crippen LogP contribution in [0.4, 0.5) is 0 Å². The summed E-state index contributed by atoms with van der Waals surface area (Å²) in [5.41, 5.74) is 2.37. The van der Waals surface area contributed by atoms with Crippen LogP contribution in [0.1, 0.15) is 21.6 Å². The molecule has 2 heterocycles. The van der Waals surface area contributed by atoms with Crippen molar-refractivity contribution in [3.05, 3.63) is 27.5 Å². The van der Waals surface area contributed by atoms with Crippen molar-refractivity contribution >= 4 is 18.2 Å². The highest BCUT2D eigenvalue weighted by molar-refractivity contribution is 7.71. The molecule has 1 aromatic heterocycles. The second kappa shape index (κ2) is 2.42. The number of pyridine rings is 1. The highest BCUT2D eigenvalue weighted by Gasteiger charge is 2.22. The van der Waals surface area contributed by atoms with Gasteiger partial charge in [-0.25, -0.2) is 4.79 Å². The third-order valence-electron chi connectivity index (χ3n) is 1.81. The first-order chi connectivity index (χ1) is 5.68. The second-order valence-corrected chi connectivity index (χ2v) is 3.17. The zero-order valence-electron chi connectivity index (χ0n) is 6.51. The molecule has 0 radical (unpaired) electrons. The van der Waals surface area contributed by atoms with Crippen molar-refractivity contribution in [2.45, 2.75) is 13.5 Å². The van der Waals surface area contributed by atoms with Crippen molar-refractivity contribution in [2.75, 3.05) is 0 Å². The summed E-state index contributed by atoms with van der Waals surface area (Å²) in [6.45, 7) is 2.26. The maximum Gasteiger partial charge on any atom is 0.341 e. The fraction of sp³-hybridized carbons (Fsp3) is 0.250. The number of H-pyrrole nitrogens is 1. The van der Waals surface area contributed by atoms with Gasteiger partial charge in [-0.05, 0) is 13.0 Å². The minimum Gasteiger partial charge on any atom is -0.457 e. The van der Waals surface area contributed by atoms with Crippen molar-refractivity contribution in [1.82, 2.24) is 4.98 Å². The second-order valence-electron chi connectivity index (χ2n) is 2.76. The van der Waals surface area contributed by atoms with Crippen LogP contribution in [-0.2, 0) is 11.3 Å². The lowest BCUT2D eigenvalue weighted by Crippen LogP contribution is -1.97. The molecule has 4 heteroatoms. The topological polar surface area (TPSA) is 42.1 Å².